The highest BCUT2D eigenvalue weighted by molar-refractivity contribution is 6.46. The van der Waals surface area contributed by atoms with Crippen molar-refractivity contribution >= 4 is 17.4 Å². The van der Waals surface area contributed by atoms with Crippen molar-refractivity contribution in [3.8, 4) is 5.75 Å². The summed E-state index contributed by atoms with van der Waals surface area (Å²) in [6, 6.07) is 19.7. The maximum atomic E-state index is 13.7. The standard InChI is InChI=1S/C32H33FN2O5/c1-22-4-2-5-23(20-22)21-40-27-12-8-25(9-13-27)30(36)28-29(24-6-10-26(33)11-7-24)35(32(38)31(28)37)15-3-14-34-16-18-39-19-17-34/h2,4-13,20,29,36H,3,14-19,21H2,1H3/b30-28-. The zero-order valence-corrected chi connectivity index (χ0v) is 22.5. The molecule has 2 saturated heterocycles. The van der Waals surface area contributed by atoms with E-state index in [1.165, 1.54) is 17.0 Å². The molecule has 0 radical (unpaired) electrons. The van der Waals surface area contributed by atoms with E-state index < -0.39 is 23.5 Å². The Hall–Kier alpha value is -4.01. The number of morpholine rings is 1. The van der Waals surface area contributed by atoms with E-state index in [0.717, 1.165) is 30.8 Å². The minimum Gasteiger partial charge on any atom is -0.507 e. The van der Waals surface area contributed by atoms with Crippen molar-refractivity contribution in [2.45, 2.75) is 26.0 Å². The van der Waals surface area contributed by atoms with Crippen LogP contribution in [0, 0.1) is 12.7 Å². The third kappa shape index (κ3) is 6.24. The number of rotatable bonds is 9. The van der Waals surface area contributed by atoms with Crippen LogP contribution >= 0.6 is 0 Å². The zero-order valence-electron chi connectivity index (χ0n) is 22.5. The first kappa shape index (κ1) is 27.6. The Bertz CT molecular complexity index is 1380. The Morgan fingerprint density at radius 1 is 1.00 bits per heavy atom. The van der Waals surface area contributed by atoms with E-state index in [4.69, 9.17) is 9.47 Å². The van der Waals surface area contributed by atoms with Gasteiger partial charge in [0.25, 0.3) is 11.7 Å². The predicted octanol–water partition coefficient (Wildman–Crippen LogP) is 4.86. The highest BCUT2D eigenvalue weighted by Crippen LogP contribution is 2.39. The fraction of sp³-hybridized carbons (Fsp3) is 0.312. The normalized spacial score (nSPS) is 19.2. The van der Waals surface area contributed by atoms with E-state index in [9.17, 15) is 19.1 Å². The van der Waals surface area contributed by atoms with Crippen LogP contribution in [0.4, 0.5) is 4.39 Å². The van der Waals surface area contributed by atoms with Crippen LogP contribution in [0.5, 0.6) is 5.75 Å². The number of ketones is 1. The summed E-state index contributed by atoms with van der Waals surface area (Å²) in [6.45, 7) is 6.50. The highest BCUT2D eigenvalue weighted by atomic mass is 19.1. The number of hydrogen-bond acceptors (Lipinski definition) is 6. The third-order valence-electron chi connectivity index (χ3n) is 7.32. The number of halogens is 1. The largest absolute Gasteiger partial charge is 0.507 e. The molecule has 208 valence electrons. The van der Waals surface area contributed by atoms with Crippen LogP contribution in [-0.4, -0.2) is 66.0 Å². The van der Waals surface area contributed by atoms with E-state index in [0.29, 0.717) is 49.7 Å². The molecule has 0 bridgehead atoms. The van der Waals surface area contributed by atoms with E-state index in [2.05, 4.69) is 11.0 Å². The lowest BCUT2D eigenvalue weighted by Crippen LogP contribution is -2.38. The minimum absolute atomic E-state index is 0.00332. The molecule has 2 fully saturated rings. The number of aryl methyl sites for hydroxylation is 1. The Morgan fingerprint density at radius 2 is 1.73 bits per heavy atom. The molecule has 8 heteroatoms. The van der Waals surface area contributed by atoms with Crippen LogP contribution in [0.3, 0.4) is 0 Å². The van der Waals surface area contributed by atoms with E-state index >= 15 is 0 Å². The molecule has 1 amide bonds. The molecule has 2 aliphatic heterocycles. The van der Waals surface area contributed by atoms with Crippen molar-refractivity contribution < 1.29 is 28.6 Å². The summed E-state index contributed by atoms with van der Waals surface area (Å²) >= 11 is 0. The number of aliphatic hydroxyl groups excluding tert-OH is 1. The minimum atomic E-state index is -0.817. The molecule has 3 aromatic rings. The number of likely N-dealkylation sites (tertiary alicyclic amines) is 1. The first-order valence-electron chi connectivity index (χ1n) is 13.5. The van der Waals surface area contributed by atoms with Gasteiger partial charge in [-0.1, -0.05) is 42.0 Å². The summed E-state index contributed by atoms with van der Waals surface area (Å²) in [6.07, 6.45) is 0.651. The molecule has 2 aliphatic rings. The molecule has 40 heavy (non-hydrogen) atoms. The van der Waals surface area contributed by atoms with Gasteiger partial charge in [-0.05, 0) is 60.9 Å². The van der Waals surface area contributed by atoms with E-state index in [-0.39, 0.29) is 11.3 Å². The first-order valence-corrected chi connectivity index (χ1v) is 13.5. The van der Waals surface area contributed by atoms with Crippen molar-refractivity contribution in [3.63, 3.8) is 0 Å². The van der Waals surface area contributed by atoms with Gasteiger partial charge in [-0.3, -0.25) is 14.5 Å². The zero-order chi connectivity index (χ0) is 28.1. The second-order valence-corrected chi connectivity index (χ2v) is 10.2. The quantitative estimate of drug-likeness (QED) is 0.236. The first-order chi connectivity index (χ1) is 19.4. The summed E-state index contributed by atoms with van der Waals surface area (Å²) in [4.78, 5) is 30.2. The SMILES string of the molecule is Cc1cccc(COc2ccc(/C(O)=C3/C(=O)C(=O)N(CCCN4CCOCC4)C3c3ccc(F)cc3)cc2)c1. The topological polar surface area (TPSA) is 79.3 Å². The van der Waals surface area contributed by atoms with Crippen LogP contribution < -0.4 is 4.74 Å². The molecule has 0 saturated carbocycles. The molecule has 1 atom stereocenters. The lowest BCUT2D eigenvalue weighted by molar-refractivity contribution is -0.140. The molecule has 7 nitrogen and oxygen atoms in total. The van der Waals surface area contributed by atoms with Gasteiger partial charge in [0, 0.05) is 31.7 Å². The maximum absolute atomic E-state index is 13.7. The average Bonchev–Trinajstić information content (AvgIpc) is 3.22. The van der Waals surface area contributed by atoms with Gasteiger partial charge in [0.15, 0.2) is 0 Å². The van der Waals surface area contributed by atoms with Crippen LogP contribution in [-0.2, 0) is 20.9 Å². The second kappa shape index (κ2) is 12.4. The lowest BCUT2D eigenvalue weighted by atomic mass is 9.95. The number of hydrogen-bond donors (Lipinski definition) is 1. The molecular formula is C32H33FN2O5. The monoisotopic (exact) mass is 544 g/mol. The van der Waals surface area contributed by atoms with Gasteiger partial charge in [0.1, 0.15) is 23.9 Å². The van der Waals surface area contributed by atoms with Crippen molar-refractivity contribution in [1.82, 2.24) is 9.80 Å². The van der Waals surface area contributed by atoms with Crippen LogP contribution in [0.1, 0.15) is 34.7 Å². The molecule has 5 rings (SSSR count). The summed E-state index contributed by atoms with van der Waals surface area (Å²) in [5.74, 6) is -1.51. The number of nitrogens with zero attached hydrogens (tertiary/aromatic N) is 2. The van der Waals surface area contributed by atoms with Gasteiger partial charge in [-0.15, -0.1) is 0 Å². The molecule has 1 N–H and O–H groups in total. The molecule has 2 heterocycles. The number of aliphatic hydroxyl groups is 1. The smallest absolute Gasteiger partial charge is 0.295 e. The van der Waals surface area contributed by atoms with Crippen molar-refractivity contribution in [1.29, 1.82) is 0 Å². The Balaban J connectivity index is 1.38. The van der Waals surface area contributed by atoms with Gasteiger partial charge in [-0.25, -0.2) is 4.39 Å². The number of amides is 1. The number of carbonyl (C=O) groups is 2. The summed E-state index contributed by atoms with van der Waals surface area (Å²) in [5, 5.41) is 11.3. The predicted molar refractivity (Wildman–Crippen MR) is 149 cm³/mol. The Morgan fingerprint density at radius 3 is 2.42 bits per heavy atom. The number of benzene rings is 3. The molecule has 3 aromatic carbocycles. The number of ether oxygens (including phenoxy) is 2. The van der Waals surface area contributed by atoms with Gasteiger partial charge in [0.2, 0.25) is 0 Å². The molecule has 1 unspecified atom stereocenters. The van der Waals surface area contributed by atoms with Gasteiger partial charge >= 0.3 is 0 Å². The van der Waals surface area contributed by atoms with Gasteiger partial charge in [-0.2, -0.15) is 0 Å². The highest BCUT2D eigenvalue weighted by Gasteiger charge is 2.45. The fourth-order valence-corrected chi connectivity index (χ4v) is 5.22. The third-order valence-corrected chi connectivity index (χ3v) is 7.32. The van der Waals surface area contributed by atoms with Crippen molar-refractivity contribution in [3.05, 3.63) is 106 Å². The number of Topliss-reactive ketones (excluding diaryl/α,β-unsaturated/α-hetero) is 1. The van der Waals surface area contributed by atoms with Gasteiger partial charge < -0.3 is 19.5 Å². The number of carbonyl (C=O) groups excluding carboxylic acids is 2. The van der Waals surface area contributed by atoms with Crippen molar-refractivity contribution in [2.24, 2.45) is 0 Å². The van der Waals surface area contributed by atoms with Gasteiger partial charge in [0.05, 0.1) is 24.8 Å². The molecule has 0 aromatic heterocycles. The van der Waals surface area contributed by atoms with E-state index in [1.54, 1.807) is 36.4 Å². The Labute approximate surface area is 233 Å². The summed E-state index contributed by atoms with van der Waals surface area (Å²) < 4.78 is 25.0. The Kier molecular flexibility index (Phi) is 8.57. The van der Waals surface area contributed by atoms with Crippen LogP contribution in [0.25, 0.3) is 5.76 Å². The van der Waals surface area contributed by atoms with Crippen molar-refractivity contribution in [2.75, 3.05) is 39.4 Å². The second-order valence-electron chi connectivity index (χ2n) is 10.2. The van der Waals surface area contributed by atoms with E-state index in [1.807, 2.05) is 25.1 Å². The molecular weight excluding hydrogens is 511 g/mol. The summed E-state index contributed by atoms with van der Waals surface area (Å²) in [7, 11) is 0. The van der Waals surface area contributed by atoms with Crippen LogP contribution in [0.15, 0.2) is 78.4 Å². The molecule has 0 aliphatic carbocycles. The van der Waals surface area contributed by atoms with Crippen LogP contribution in [0.2, 0.25) is 0 Å². The maximum Gasteiger partial charge on any atom is 0.295 e. The summed E-state index contributed by atoms with van der Waals surface area (Å²) in [5.41, 5.74) is 3.14. The molecule has 0 spiro atoms. The fourth-order valence-electron chi connectivity index (χ4n) is 5.22. The lowest BCUT2D eigenvalue weighted by Gasteiger charge is -2.29. The average molecular weight is 545 g/mol.